The van der Waals surface area contributed by atoms with Crippen LogP contribution in [-0.4, -0.2) is 45.2 Å². The second kappa shape index (κ2) is 5.01. The van der Waals surface area contributed by atoms with E-state index in [-0.39, 0.29) is 5.56 Å². The highest BCUT2D eigenvalue weighted by Gasteiger charge is 2.16. The summed E-state index contributed by atoms with van der Waals surface area (Å²) < 4.78 is 2.00. The van der Waals surface area contributed by atoms with E-state index < -0.39 is 5.97 Å². The summed E-state index contributed by atoms with van der Waals surface area (Å²) in [5.41, 5.74) is 1.77. The van der Waals surface area contributed by atoms with E-state index in [1.54, 1.807) is 12.4 Å². The Morgan fingerprint density at radius 1 is 1.32 bits per heavy atom. The van der Waals surface area contributed by atoms with Gasteiger partial charge in [-0.05, 0) is 38.1 Å². The van der Waals surface area contributed by atoms with Crippen LogP contribution in [0, 0.1) is 0 Å². The summed E-state index contributed by atoms with van der Waals surface area (Å²) in [5, 5.41) is 9.21. The number of hydrogen-bond donors (Lipinski definition) is 1. The van der Waals surface area contributed by atoms with Crippen LogP contribution in [-0.2, 0) is 6.54 Å². The van der Waals surface area contributed by atoms with Gasteiger partial charge in [-0.3, -0.25) is 4.98 Å². The quantitative estimate of drug-likeness (QED) is 0.910. The van der Waals surface area contributed by atoms with Gasteiger partial charge in [-0.1, -0.05) is 0 Å². The zero-order valence-corrected chi connectivity index (χ0v) is 10.7. The maximum Gasteiger partial charge on any atom is 0.339 e. The summed E-state index contributed by atoms with van der Waals surface area (Å²) in [7, 11) is 0. The van der Waals surface area contributed by atoms with Gasteiger partial charge in [-0.2, -0.15) is 0 Å². The van der Waals surface area contributed by atoms with Crippen LogP contribution in [0.5, 0.6) is 0 Å². The summed E-state index contributed by atoms with van der Waals surface area (Å²) in [6.45, 7) is 4.10. The molecule has 0 amide bonds. The van der Waals surface area contributed by atoms with Crippen LogP contribution in [0.4, 0.5) is 0 Å². The minimum Gasteiger partial charge on any atom is -0.478 e. The fourth-order valence-electron chi connectivity index (χ4n) is 2.72. The molecule has 0 radical (unpaired) electrons. The molecule has 1 aliphatic rings. The van der Waals surface area contributed by atoms with E-state index >= 15 is 0 Å². The molecular weight excluding hydrogens is 242 g/mol. The molecule has 3 heterocycles. The lowest BCUT2D eigenvalue weighted by Gasteiger charge is -2.15. The van der Waals surface area contributed by atoms with Crippen molar-refractivity contribution in [3.63, 3.8) is 0 Å². The molecular formula is C14H17N3O2. The Morgan fingerprint density at radius 3 is 2.84 bits per heavy atom. The zero-order valence-electron chi connectivity index (χ0n) is 10.7. The Bertz CT molecular complexity index is 600. The highest BCUT2D eigenvalue weighted by atomic mass is 16.4. The van der Waals surface area contributed by atoms with Gasteiger partial charge in [0, 0.05) is 25.5 Å². The Labute approximate surface area is 111 Å². The molecule has 0 spiro atoms. The minimum atomic E-state index is -0.913. The molecule has 1 saturated heterocycles. The van der Waals surface area contributed by atoms with E-state index in [0.29, 0.717) is 5.52 Å². The Kier molecular flexibility index (Phi) is 3.21. The van der Waals surface area contributed by atoms with Crippen molar-refractivity contribution in [2.75, 3.05) is 19.6 Å². The minimum absolute atomic E-state index is 0.289. The van der Waals surface area contributed by atoms with Crippen LogP contribution in [0.3, 0.4) is 0 Å². The van der Waals surface area contributed by atoms with Crippen LogP contribution >= 0.6 is 0 Å². The largest absolute Gasteiger partial charge is 0.478 e. The number of carbonyl (C=O) groups is 1. The number of aromatic carboxylic acids is 1. The van der Waals surface area contributed by atoms with E-state index in [4.69, 9.17) is 0 Å². The van der Waals surface area contributed by atoms with E-state index in [0.717, 1.165) is 31.7 Å². The molecule has 0 aromatic carbocycles. The third kappa shape index (κ3) is 2.33. The van der Waals surface area contributed by atoms with E-state index in [9.17, 15) is 9.90 Å². The van der Waals surface area contributed by atoms with Gasteiger partial charge in [-0.25, -0.2) is 4.79 Å². The van der Waals surface area contributed by atoms with Crippen LogP contribution < -0.4 is 0 Å². The van der Waals surface area contributed by atoms with Crippen molar-refractivity contribution in [1.29, 1.82) is 0 Å². The van der Waals surface area contributed by atoms with Crippen molar-refractivity contribution in [2.24, 2.45) is 0 Å². The van der Waals surface area contributed by atoms with Gasteiger partial charge in [0.05, 0.1) is 5.52 Å². The Hall–Kier alpha value is -1.88. The Morgan fingerprint density at radius 2 is 2.11 bits per heavy atom. The van der Waals surface area contributed by atoms with Crippen LogP contribution in [0.1, 0.15) is 23.2 Å². The van der Waals surface area contributed by atoms with Crippen LogP contribution in [0.2, 0.25) is 0 Å². The maximum atomic E-state index is 11.2. The third-order valence-electron chi connectivity index (χ3n) is 3.72. The number of carboxylic acid groups (broad SMARTS) is 1. The second-order valence-electron chi connectivity index (χ2n) is 4.96. The van der Waals surface area contributed by atoms with Gasteiger partial charge in [0.25, 0.3) is 0 Å². The average molecular weight is 259 g/mol. The number of likely N-dealkylation sites (tertiary alicyclic amines) is 1. The van der Waals surface area contributed by atoms with E-state index in [1.807, 2.05) is 16.7 Å². The molecule has 0 bridgehead atoms. The number of pyridine rings is 1. The monoisotopic (exact) mass is 259 g/mol. The van der Waals surface area contributed by atoms with E-state index in [1.165, 1.54) is 12.8 Å². The normalized spacial score (nSPS) is 16.2. The first-order chi connectivity index (χ1) is 9.25. The number of fused-ring (bicyclic) bond motifs is 1. The van der Waals surface area contributed by atoms with Crippen molar-refractivity contribution >= 4 is 17.0 Å². The second-order valence-corrected chi connectivity index (χ2v) is 4.96. The SMILES string of the molecule is O=C(O)c1cn(CCN2CCCC2)c2cccnc12. The van der Waals surface area contributed by atoms with Crippen molar-refractivity contribution in [3.8, 4) is 0 Å². The van der Waals surface area contributed by atoms with Crippen molar-refractivity contribution < 1.29 is 9.90 Å². The highest BCUT2D eigenvalue weighted by molar-refractivity contribution is 6.01. The number of aromatic nitrogens is 2. The molecule has 0 unspecified atom stereocenters. The molecule has 100 valence electrons. The van der Waals surface area contributed by atoms with Gasteiger partial charge >= 0.3 is 5.97 Å². The first-order valence-corrected chi connectivity index (χ1v) is 6.65. The summed E-state index contributed by atoms with van der Waals surface area (Å²) in [5.74, 6) is -0.913. The Balaban J connectivity index is 1.87. The van der Waals surface area contributed by atoms with Gasteiger partial charge in [0.15, 0.2) is 0 Å². The molecule has 2 aromatic rings. The summed E-state index contributed by atoms with van der Waals surface area (Å²) in [6, 6.07) is 3.78. The first kappa shape index (κ1) is 12.2. The van der Waals surface area contributed by atoms with Crippen molar-refractivity contribution in [2.45, 2.75) is 19.4 Å². The fourth-order valence-corrected chi connectivity index (χ4v) is 2.72. The van der Waals surface area contributed by atoms with Gasteiger partial charge < -0.3 is 14.6 Å². The fraction of sp³-hybridized carbons (Fsp3) is 0.429. The lowest BCUT2D eigenvalue weighted by atomic mass is 10.3. The lowest BCUT2D eigenvalue weighted by Crippen LogP contribution is -2.23. The molecule has 5 nitrogen and oxygen atoms in total. The molecule has 1 fully saturated rings. The first-order valence-electron chi connectivity index (χ1n) is 6.65. The summed E-state index contributed by atoms with van der Waals surface area (Å²) >= 11 is 0. The molecule has 0 aliphatic carbocycles. The smallest absolute Gasteiger partial charge is 0.339 e. The van der Waals surface area contributed by atoms with Crippen molar-refractivity contribution in [1.82, 2.24) is 14.5 Å². The molecule has 5 heteroatoms. The molecule has 1 N–H and O–H groups in total. The molecule has 0 saturated carbocycles. The number of rotatable bonds is 4. The predicted octanol–water partition coefficient (Wildman–Crippen LogP) is 1.83. The molecule has 2 aromatic heterocycles. The predicted molar refractivity (Wildman–Crippen MR) is 72.4 cm³/mol. The number of carboxylic acids is 1. The summed E-state index contributed by atoms with van der Waals surface area (Å²) in [6.07, 6.45) is 5.89. The highest BCUT2D eigenvalue weighted by Crippen LogP contribution is 2.19. The zero-order chi connectivity index (χ0) is 13.2. The van der Waals surface area contributed by atoms with Crippen LogP contribution in [0.25, 0.3) is 11.0 Å². The average Bonchev–Trinajstić information content (AvgIpc) is 3.04. The molecule has 3 rings (SSSR count). The van der Waals surface area contributed by atoms with Gasteiger partial charge in [-0.15, -0.1) is 0 Å². The van der Waals surface area contributed by atoms with Crippen molar-refractivity contribution in [3.05, 3.63) is 30.1 Å². The number of nitrogens with zero attached hydrogens (tertiary/aromatic N) is 3. The van der Waals surface area contributed by atoms with E-state index in [2.05, 4.69) is 9.88 Å². The molecule has 1 aliphatic heterocycles. The van der Waals surface area contributed by atoms with Gasteiger partial charge in [0.1, 0.15) is 11.1 Å². The molecule has 0 atom stereocenters. The standard InChI is InChI=1S/C14H17N3O2/c18-14(19)11-10-17(9-8-16-6-1-2-7-16)12-4-3-5-15-13(11)12/h3-5,10H,1-2,6-9H2,(H,18,19). The number of hydrogen-bond acceptors (Lipinski definition) is 3. The maximum absolute atomic E-state index is 11.2. The topological polar surface area (TPSA) is 58.4 Å². The summed E-state index contributed by atoms with van der Waals surface area (Å²) in [4.78, 5) is 17.8. The van der Waals surface area contributed by atoms with Crippen LogP contribution in [0.15, 0.2) is 24.5 Å². The third-order valence-corrected chi connectivity index (χ3v) is 3.72. The van der Waals surface area contributed by atoms with Gasteiger partial charge in [0.2, 0.25) is 0 Å². The lowest BCUT2D eigenvalue weighted by molar-refractivity contribution is 0.0698. The molecule has 19 heavy (non-hydrogen) atoms.